The zero-order chi connectivity index (χ0) is 31.4. The number of rotatable bonds is 10. The first-order chi connectivity index (χ1) is 20.3. The number of nitriles is 1. The molecule has 2 aromatic carbocycles. The lowest BCUT2D eigenvalue weighted by Gasteiger charge is -2.38. The molecule has 2 aromatic heterocycles. The molecule has 0 unspecified atom stereocenters. The van der Waals surface area contributed by atoms with Crippen LogP contribution in [0.5, 0.6) is 5.75 Å². The second-order valence-electron chi connectivity index (χ2n) is 11.6. The van der Waals surface area contributed by atoms with Gasteiger partial charge in [-0.05, 0) is 67.0 Å². The van der Waals surface area contributed by atoms with Crippen LogP contribution in [-0.2, 0) is 10.2 Å². The molecule has 11 heteroatoms. The minimum Gasteiger partial charge on any atom is -0.491 e. The number of ether oxygens (including phenoxy) is 1. The summed E-state index contributed by atoms with van der Waals surface area (Å²) >= 11 is 7.28. The van der Waals surface area contributed by atoms with Gasteiger partial charge in [-0.1, -0.05) is 56.3 Å². The molecule has 0 aliphatic carbocycles. The van der Waals surface area contributed by atoms with E-state index in [1.54, 1.807) is 18.4 Å². The monoisotopic (exact) mass is 631 g/mol. The minimum atomic E-state index is -1.91. The van der Waals surface area contributed by atoms with Crippen LogP contribution in [0.2, 0.25) is 23.2 Å². The van der Waals surface area contributed by atoms with E-state index >= 15 is 0 Å². The molecule has 2 heterocycles. The van der Waals surface area contributed by atoms with Crippen molar-refractivity contribution in [3.8, 4) is 34.4 Å². The Balaban J connectivity index is 1.52. The van der Waals surface area contributed by atoms with Gasteiger partial charge in [-0.25, -0.2) is 14.8 Å². The quantitative estimate of drug-likeness (QED) is 0.105. The van der Waals surface area contributed by atoms with E-state index in [1.165, 1.54) is 11.8 Å². The van der Waals surface area contributed by atoms with E-state index in [1.807, 2.05) is 43.3 Å². The van der Waals surface area contributed by atoms with E-state index in [2.05, 4.69) is 54.7 Å². The highest BCUT2D eigenvalue weighted by Crippen LogP contribution is 2.42. The van der Waals surface area contributed by atoms with E-state index in [4.69, 9.17) is 37.5 Å². The Hall–Kier alpha value is -3.80. The minimum absolute atomic E-state index is 0.0606. The van der Waals surface area contributed by atoms with Crippen LogP contribution in [0.15, 0.2) is 64.2 Å². The first kappa shape index (κ1) is 32.1. The van der Waals surface area contributed by atoms with E-state index in [9.17, 15) is 5.26 Å². The highest BCUT2D eigenvalue weighted by atomic mass is 35.5. The smallest absolute Gasteiger partial charge is 0.236 e. The van der Waals surface area contributed by atoms with Crippen LogP contribution >= 0.6 is 23.4 Å². The van der Waals surface area contributed by atoms with Gasteiger partial charge in [-0.3, -0.25) is 0 Å². The van der Waals surface area contributed by atoms with Crippen LogP contribution in [-0.4, -0.2) is 31.0 Å². The van der Waals surface area contributed by atoms with Gasteiger partial charge in [0, 0.05) is 21.9 Å². The first-order valence-corrected chi connectivity index (χ1v) is 18.0. The fourth-order valence-electron chi connectivity index (χ4n) is 4.06. The van der Waals surface area contributed by atoms with Crippen LogP contribution < -0.4 is 10.5 Å². The number of hydrogen-bond acceptors (Lipinski definition) is 8. The number of thioether (sulfide) groups is 1. The predicted octanol–water partition coefficient (Wildman–Crippen LogP) is 9.14. The number of hydrogen-bond donors (Lipinski definition) is 1. The molecular weight excluding hydrogens is 598 g/mol. The third kappa shape index (κ3) is 7.59. The SMILES string of the molecule is [C-]#[N+]c1c(N)nc(SCc2coc(-c3ccc(Cl)cc3)n2)c(C#N)c1-c1ccc(OC[C@H](C)O[Si](C)(C)C(C)(C)C)cc1. The standard InChI is InChI=1S/C32H34ClN5O3SSi/c1-20(41-43(6,7)32(2,3)4)17-39-25-14-10-21(11-15-25)27-26(16-34)31(38-29(35)28(27)36-5)42-19-24-18-40-30(37-24)22-8-12-23(33)13-9-22/h8-15,18,20H,17,19H2,1-4,6-7H3,(H2,35,38)/t20-/m0/s1. The maximum absolute atomic E-state index is 10.2. The second-order valence-corrected chi connectivity index (χ2v) is 17.7. The fourth-order valence-corrected chi connectivity index (χ4v) is 6.49. The lowest BCUT2D eigenvalue weighted by Crippen LogP contribution is -2.44. The topological polar surface area (TPSA) is 112 Å². The number of nitrogen functional groups attached to an aromatic ring is 1. The van der Waals surface area contributed by atoms with Crippen molar-refractivity contribution in [3.05, 3.63) is 82.5 Å². The van der Waals surface area contributed by atoms with Gasteiger partial charge in [0.2, 0.25) is 11.6 Å². The summed E-state index contributed by atoms with van der Waals surface area (Å²) in [7, 11) is -1.91. The molecule has 0 bridgehead atoms. The number of benzene rings is 2. The number of halogens is 1. The van der Waals surface area contributed by atoms with Crippen molar-refractivity contribution in [2.24, 2.45) is 0 Å². The number of anilines is 1. The number of nitrogens with two attached hydrogens (primary N) is 1. The molecule has 0 aliphatic heterocycles. The average Bonchev–Trinajstić information content (AvgIpc) is 3.43. The van der Waals surface area contributed by atoms with Crippen molar-refractivity contribution >= 4 is 43.2 Å². The Labute approximate surface area is 263 Å². The summed E-state index contributed by atoms with van der Waals surface area (Å²) in [5.74, 6) is 1.58. The number of pyridine rings is 1. The van der Waals surface area contributed by atoms with Gasteiger partial charge in [-0.2, -0.15) is 5.26 Å². The summed E-state index contributed by atoms with van der Waals surface area (Å²) in [6, 6.07) is 16.7. The Kier molecular flexibility index (Phi) is 9.88. The molecule has 4 aromatic rings. The zero-order valence-corrected chi connectivity index (χ0v) is 27.6. The lowest BCUT2D eigenvalue weighted by molar-refractivity contribution is 0.129. The molecule has 0 fully saturated rings. The number of nitrogens with zero attached hydrogens (tertiary/aromatic N) is 4. The maximum atomic E-state index is 10.2. The van der Waals surface area contributed by atoms with Gasteiger partial charge in [-0.15, -0.1) is 0 Å². The fraction of sp³-hybridized carbons (Fsp3) is 0.312. The number of oxazole rings is 1. The first-order valence-electron chi connectivity index (χ1n) is 13.7. The summed E-state index contributed by atoms with van der Waals surface area (Å²) in [4.78, 5) is 12.6. The van der Waals surface area contributed by atoms with Crippen LogP contribution in [0.25, 0.3) is 27.4 Å². The van der Waals surface area contributed by atoms with Crippen LogP contribution in [0.3, 0.4) is 0 Å². The van der Waals surface area contributed by atoms with Gasteiger partial charge in [0.25, 0.3) is 0 Å². The van der Waals surface area contributed by atoms with Crippen LogP contribution in [0, 0.1) is 17.9 Å². The Bertz CT molecular complexity index is 1670. The summed E-state index contributed by atoms with van der Waals surface area (Å²) < 4.78 is 18.0. The third-order valence-electron chi connectivity index (χ3n) is 7.32. The molecule has 0 amide bonds. The summed E-state index contributed by atoms with van der Waals surface area (Å²) in [6.45, 7) is 21.2. The Morgan fingerprint density at radius 1 is 1.12 bits per heavy atom. The molecule has 0 saturated carbocycles. The van der Waals surface area contributed by atoms with Gasteiger partial charge < -0.3 is 19.3 Å². The van der Waals surface area contributed by atoms with Gasteiger partial charge in [0.05, 0.1) is 23.9 Å². The van der Waals surface area contributed by atoms with Crippen LogP contribution in [0.1, 0.15) is 39.0 Å². The number of aromatic nitrogens is 2. The summed E-state index contributed by atoms with van der Waals surface area (Å²) in [6.07, 6.45) is 1.50. The lowest BCUT2D eigenvalue weighted by atomic mass is 10.00. The van der Waals surface area contributed by atoms with Gasteiger partial charge in [0.1, 0.15) is 35.5 Å². The van der Waals surface area contributed by atoms with Crippen molar-refractivity contribution in [2.45, 2.75) is 62.7 Å². The molecule has 43 heavy (non-hydrogen) atoms. The molecule has 0 spiro atoms. The normalized spacial score (nSPS) is 12.4. The molecule has 0 radical (unpaired) electrons. The van der Waals surface area contributed by atoms with E-state index in [0.29, 0.717) is 50.9 Å². The molecule has 0 saturated heterocycles. The largest absolute Gasteiger partial charge is 0.491 e. The van der Waals surface area contributed by atoms with E-state index in [-0.39, 0.29) is 28.2 Å². The second kappa shape index (κ2) is 13.2. The Morgan fingerprint density at radius 2 is 1.77 bits per heavy atom. The summed E-state index contributed by atoms with van der Waals surface area (Å²) in [5.41, 5.74) is 9.21. The molecular formula is C32H34ClN5O3SSi. The van der Waals surface area contributed by atoms with Crippen molar-refractivity contribution < 1.29 is 13.6 Å². The summed E-state index contributed by atoms with van der Waals surface area (Å²) in [5, 5.41) is 11.3. The highest BCUT2D eigenvalue weighted by Gasteiger charge is 2.38. The highest BCUT2D eigenvalue weighted by molar-refractivity contribution is 7.98. The third-order valence-corrected chi connectivity index (χ3v) is 13.2. The molecule has 0 aliphatic rings. The predicted molar refractivity (Wildman–Crippen MR) is 175 cm³/mol. The average molecular weight is 632 g/mol. The Morgan fingerprint density at radius 3 is 2.37 bits per heavy atom. The van der Waals surface area contributed by atoms with Crippen molar-refractivity contribution in [1.82, 2.24) is 9.97 Å². The van der Waals surface area contributed by atoms with Crippen LogP contribution in [0.4, 0.5) is 11.5 Å². The molecule has 4 rings (SSSR count). The zero-order valence-electron chi connectivity index (χ0n) is 25.1. The van der Waals surface area contributed by atoms with E-state index in [0.717, 1.165) is 5.56 Å². The van der Waals surface area contributed by atoms with Crippen molar-refractivity contribution in [3.63, 3.8) is 0 Å². The van der Waals surface area contributed by atoms with Crippen molar-refractivity contribution in [2.75, 3.05) is 12.3 Å². The molecule has 8 nitrogen and oxygen atoms in total. The van der Waals surface area contributed by atoms with Gasteiger partial charge >= 0.3 is 0 Å². The molecule has 222 valence electrons. The molecule has 1 atom stereocenters. The van der Waals surface area contributed by atoms with E-state index < -0.39 is 8.32 Å². The van der Waals surface area contributed by atoms with Crippen molar-refractivity contribution in [1.29, 1.82) is 5.26 Å². The maximum Gasteiger partial charge on any atom is 0.236 e. The molecule has 2 N–H and O–H groups in total. The van der Waals surface area contributed by atoms with Gasteiger partial charge in [0.15, 0.2) is 8.32 Å².